The SMILES string of the molecule is C=CCC[C@H](N)c1ccc(OC)c(O)c1. The van der Waals surface area contributed by atoms with Gasteiger partial charge in [0, 0.05) is 6.04 Å². The van der Waals surface area contributed by atoms with Gasteiger partial charge >= 0.3 is 0 Å². The van der Waals surface area contributed by atoms with E-state index < -0.39 is 0 Å². The lowest BCUT2D eigenvalue weighted by Gasteiger charge is -2.12. The van der Waals surface area contributed by atoms with E-state index in [0.717, 1.165) is 18.4 Å². The highest BCUT2D eigenvalue weighted by Gasteiger charge is 2.08. The van der Waals surface area contributed by atoms with Gasteiger partial charge in [-0.05, 0) is 30.5 Å². The van der Waals surface area contributed by atoms with E-state index in [1.165, 1.54) is 7.11 Å². The summed E-state index contributed by atoms with van der Waals surface area (Å²) in [6, 6.07) is 5.16. The van der Waals surface area contributed by atoms with Crippen LogP contribution in [0, 0.1) is 0 Å². The molecule has 0 fully saturated rings. The Morgan fingerprint density at radius 1 is 1.60 bits per heavy atom. The fraction of sp³-hybridized carbons (Fsp3) is 0.333. The molecule has 0 saturated heterocycles. The molecule has 0 amide bonds. The maximum absolute atomic E-state index is 9.56. The molecule has 0 saturated carbocycles. The number of rotatable bonds is 5. The average Bonchev–Trinajstić information content (AvgIpc) is 2.25. The first-order valence-corrected chi connectivity index (χ1v) is 4.92. The van der Waals surface area contributed by atoms with Crippen molar-refractivity contribution < 1.29 is 9.84 Å². The Bertz CT molecular complexity index is 336. The van der Waals surface area contributed by atoms with Gasteiger partial charge in [-0.15, -0.1) is 6.58 Å². The maximum Gasteiger partial charge on any atom is 0.160 e. The van der Waals surface area contributed by atoms with Crippen LogP contribution >= 0.6 is 0 Å². The van der Waals surface area contributed by atoms with Crippen molar-refractivity contribution in [2.75, 3.05) is 7.11 Å². The Morgan fingerprint density at radius 3 is 2.87 bits per heavy atom. The molecule has 3 N–H and O–H groups in total. The second kappa shape index (κ2) is 5.41. The van der Waals surface area contributed by atoms with Gasteiger partial charge in [0.1, 0.15) is 0 Å². The Morgan fingerprint density at radius 2 is 2.33 bits per heavy atom. The van der Waals surface area contributed by atoms with Gasteiger partial charge in [-0.2, -0.15) is 0 Å². The van der Waals surface area contributed by atoms with Crippen LogP contribution in [0.4, 0.5) is 0 Å². The Kier molecular flexibility index (Phi) is 4.18. The van der Waals surface area contributed by atoms with Crippen LogP contribution in [0.15, 0.2) is 30.9 Å². The normalized spacial score (nSPS) is 12.1. The summed E-state index contributed by atoms with van der Waals surface area (Å²) < 4.78 is 4.95. The maximum atomic E-state index is 9.56. The molecule has 1 aromatic rings. The first kappa shape index (κ1) is 11.6. The molecule has 0 radical (unpaired) electrons. The molecule has 1 atom stereocenters. The molecule has 1 rings (SSSR count). The quantitative estimate of drug-likeness (QED) is 0.729. The van der Waals surface area contributed by atoms with Crippen molar-refractivity contribution in [3.63, 3.8) is 0 Å². The highest BCUT2D eigenvalue weighted by molar-refractivity contribution is 5.42. The lowest BCUT2D eigenvalue weighted by atomic mass is 10.0. The van der Waals surface area contributed by atoms with E-state index in [0.29, 0.717) is 5.75 Å². The predicted octanol–water partition coefficient (Wildman–Crippen LogP) is 2.37. The lowest BCUT2D eigenvalue weighted by molar-refractivity contribution is 0.372. The Hall–Kier alpha value is -1.48. The van der Waals surface area contributed by atoms with Gasteiger partial charge in [-0.1, -0.05) is 12.1 Å². The number of phenolic OH excluding ortho intramolecular Hbond substituents is 1. The van der Waals surface area contributed by atoms with Crippen molar-refractivity contribution in [2.24, 2.45) is 5.73 Å². The minimum Gasteiger partial charge on any atom is -0.504 e. The average molecular weight is 207 g/mol. The zero-order valence-electron chi connectivity index (χ0n) is 8.94. The van der Waals surface area contributed by atoms with Crippen LogP contribution in [-0.4, -0.2) is 12.2 Å². The number of benzene rings is 1. The fourth-order valence-electron chi connectivity index (χ4n) is 1.40. The van der Waals surface area contributed by atoms with Crippen LogP contribution in [0.2, 0.25) is 0 Å². The van der Waals surface area contributed by atoms with E-state index in [1.54, 1.807) is 12.1 Å². The van der Waals surface area contributed by atoms with E-state index in [2.05, 4.69) is 6.58 Å². The van der Waals surface area contributed by atoms with E-state index in [-0.39, 0.29) is 11.8 Å². The second-order valence-electron chi connectivity index (χ2n) is 3.40. The monoisotopic (exact) mass is 207 g/mol. The van der Waals surface area contributed by atoms with Crippen molar-refractivity contribution in [3.05, 3.63) is 36.4 Å². The zero-order chi connectivity index (χ0) is 11.3. The van der Waals surface area contributed by atoms with Crippen LogP contribution < -0.4 is 10.5 Å². The highest BCUT2D eigenvalue weighted by atomic mass is 16.5. The van der Waals surface area contributed by atoms with Crippen LogP contribution in [-0.2, 0) is 0 Å². The minimum absolute atomic E-state index is 0.0696. The van der Waals surface area contributed by atoms with Crippen molar-refractivity contribution >= 4 is 0 Å². The molecule has 0 aromatic heterocycles. The summed E-state index contributed by atoms with van der Waals surface area (Å²) in [5.41, 5.74) is 6.85. The summed E-state index contributed by atoms with van der Waals surface area (Å²) in [6.45, 7) is 3.65. The Balaban J connectivity index is 2.77. The van der Waals surface area contributed by atoms with Crippen LogP contribution in [0.5, 0.6) is 11.5 Å². The molecule has 82 valence electrons. The molecule has 0 aliphatic rings. The summed E-state index contributed by atoms with van der Waals surface area (Å²) in [7, 11) is 1.52. The van der Waals surface area contributed by atoms with E-state index in [4.69, 9.17) is 10.5 Å². The molecule has 0 aliphatic carbocycles. The summed E-state index contributed by atoms with van der Waals surface area (Å²) in [6.07, 6.45) is 3.53. The van der Waals surface area contributed by atoms with E-state index in [1.807, 2.05) is 12.1 Å². The molecule has 0 heterocycles. The second-order valence-corrected chi connectivity index (χ2v) is 3.40. The van der Waals surface area contributed by atoms with Gasteiger partial charge in [0.15, 0.2) is 11.5 Å². The van der Waals surface area contributed by atoms with Crippen LogP contribution in [0.3, 0.4) is 0 Å². The van der Waals surface area contributed by atoms with Gasteiger partial charge < -0.3 is 15.6 Å². The topological polar surface area (TPSA) is 55.5 Å². The largest absolute Gasteiger partial charge is 0.504 e. The molecule has 3 heteroatoms. The highest BCUT2D eigenvalue weighted by Crippen LogP contribution is 2.29. The molecule has 0 unspecified atom stereocenters. The molecule has 0 aliphatic heterocycles. The van der Waals surface area contributed by atoms with Crippen molar-refractivity contribution in [3.8, 4) is 11.5 Å². The van der Waals surface area contributed by atoms with Crippen molar-refractivity contribution in [1.29, 1.82) is 0 Å². The molecule has 3 nitrogen and oxygen atoms in total. The number of ether oxygens (including phenoxy) is 1. The first-order chi connectivity index (χ1) is 7.19. The van der Waals surface area contributed by atoms with E-state index >= 15 is 0 Å². The molecule has 1 aromatic carbocycles. The summed E-state index contributed by atoms with van der Waals surface area (Å²) >= 11 is 0. The number of phenols is 1. The van der Waals surface area contributed by atoms with Crippen molar-refractivity contribution in [1.82, 2.24) is 0 Å². The third-order valence-corrected chi connectivity index (χ3v) is 2.31. The number of hydrogen-bond acceptors (Lipinski definition) is 3. The zero-order valence-corrected chi connectivity index (χ0v) is 8.94. The Labute approximate surface area is 90.2 Å². The third kappa shape index (κ3) is 2.99. The third-order valence-electron chi connectivity index (χ3n) is 2.31. The molecule has 15 heavy (non-hydrogen) atoms. The minimum atomic E-state index is -0.0696. The molecular formula is C12H17NO2. The standard InChI is InChI=1S/C12H17NO2/c1-3-4-5-10(13)9-6-7-12(15-2)11(14)8-9/h3,6-8,10,14H,1,4-5,13H2,2H3/t10-/m0/s1. The van der Waals surface area contributed by atoms with Crippen LogP contribution in [0.25, 0.3) is 0 Å². The van der Waals surface area contributed by atoms with Gasteiger partial charge in [0.05, 0.1) is 7.11 Å². The number of methoxy groups -OCH3 is 1. The van der Waals surface area contributed by atoms with Gasteiger partial charge in [0.2, 0.25) is 0 Å². The van der Waals surface area contributed by atoms with Gasteiger partial charge in [-0.3, -0.25) is 0 Å². The molecule has 0 bridgehead atoms. The van der Waals surface area contributed by atoms with Gasteiger partial charge in [0.25, 0.3) is 0 Å². The van der Waals surface area contributed by atoms with E-state index in [9.17, 15) is 5.11 Å². The van der Waals surface area contributed by atoms with Crippen molar-refractivity contribution in [2.45, 2.75) is 18.9 Å². The first-order valence-electron chi connectivity index (χ1n) is 4.92. The number of hydrogen-bond donors (Lipinski definition) is 2. The lowest BCUT2D eigenvalue weighted by Crippen LogP contribution is -2.09. The number of allylic oxidation sites excluding steroid dienone is 1. The molecule has 0 spiro atoms. The smallest absolute Gasteiger partial charge is 0.160 e. The number of nitrogens with two attached hydrogens (primary N) is 1. The molecular weight excluding hydrogens is 190 g/mol. The fourth-order valence-corrected chi connectivity index (χ4v) is 1.40. The predicted molar refractivity (Wildman–Crippen MR) is 61.0 cm³/mol. The summed E-state index contributed by atoms with van der Waals surface area (Å²) in [5, 5.41) is 9.56. The van der Waals surface area contributed by atoms with Gasteiger partial charge in [-0.25, -0.2) is 0 Å². The number of aromatic hydroxyl groups is 1. The van der Waals surface area contributed by atoms with Crippen LogP contribution in [0.1, 0.15) is 24.4 Å². The summed E-state index contributed by atoms with van der Waals surface area (Å²) in [5.74, 6) is 0.596. The summed E-state index contributed by atoms with van der Waals surface area (Å²) in [4.78, 5) is 0.